The SMILES string of the molecule is CCCCCCN[C@@H]1C[C@@H](O)[C@H](CO)[C@H]1Cc1ccnc(C(C)C)n1. The van der Waals surface area contributed by atoms with E-state index >= 15 is 0 Å². The molecule has 0 radical (unpaired) electrons. The first-order chi connectivity index (χ1) is 12.1. The van der Waals surface area contributed by atoms with Gasteiger partial charge < -0.3 is 15.5 Å². The Hall–Kier alpha value is -1.04. The molecular formula is C20H35N3O2. The molecule has 5 heteroatoms. The van der Waals surface area contributed by atoms with Crippen LogP contribution in [-0.4, -0.2) is 45.5 Å². The summed E-state index contributed by atoms with van der Waals surface area (Å²) in [6.45, 7) is 7.41. The van der Waals surface area contributed by atoms with Crippen LogP contribution in [0.4, 0.5) is 0 Å². The van der Waals surface area contributed by atoms with Crippen molar-refractivity contribution in [3.8, 4) is 0 Å². The number of hydrogen-bond donors (Lipinski definition) is 3. The van der Waals surface area contributed by atoms with Crippen LogP contribution in [-0.2, 0) is 6.42 Å². The van der Waals surface area contributed by atoms with E-state index in [4.69, 9.17) is 0 Å². The Balaban J connectivity index is 2.00. The van der Waals surface area contributed by atoms with Crippen LogP contribution in [0.3, 0.4) is 0 Å². The molecule has 0 saturated heterocycles. The predicted octanol–water partition coefficient (Wildman–Crippen LogP) is 2.67. The van der Waals surface area contributed by atoms with E-state index in [2.05, 4.69) is 36.1 Å². The predicted molar refractivity (Wildman–Crippen MR) is 100 cm³/mol. The topological polar surface area (TPSA) is 78.3 Å². The molecule has 0 aliphatic heterocycles. The lowest BCUT2D eigenvalue weighted by atomic mass is 9.88. The van der Waals surface area contributed by atoms with Gasteiger partial charge in [-0.15, -0.1) is 0 Å². The van der Waals surface area contributed by atoms with Crippen LogP contribution in [0.2, 0.25) is 0 Å². The molecule has 1 aliphatic rings. The Labute approximate surface area is 152 Å². The van der Waals surface area contributed by atoms with Crippen molar-refractivity contribution in [2.45, 2.75) is 77.4 Å². The van der Waals surface area contributed by atoms with Crippen molar-refractivity contribution in [2.24, 2.45) is 11.8 Å². The number of aliphatic hydroxyl groups excluding tert-OH is 2. The van der Waals surface area contributed by atoms with Crippen LogP contribution in [0.1, 0.15) is 70.3 Å². The van der Waals surface area contributed by atoms with Gasteiger partial charge >= 0.3 is 0 Å². The lowest BCUT2D eigenvalue weighted by Gasteiger charge is -2.25. The van der Waals surface area contributed by atoms with E-state index in [9.17, 15) is 10.2 Å². The summed E-state index contributed by atoms with van der Waals surface area (Å²) in [7, 11) is 0. The summed E-state index contributed by atoms with van der Waals surface area (Å²) in [6.07, 6.45) is 7.81. The molecule has 1 aromatic heterocycles. The first-order valence-corrected chi connectivity index (χ1v) is 9.90. The van der Waals surface area contributed by atoms with Gasteiger partial charge in [-0.05, 0) is 37.8 Å². The number of unbranched alkanes of at least 4 members (excludes halogenated alkanes) is 3. The number of rotatable bonds is 10. The molecule has 0 aromatic carbocycles. The molecule has 1 heterocycles. The number of nitrogens with one attached hydrogen (secondary N) is 1. The fourth-order valence-corrected chi connectivity index (χ4v) is 3.86. The van der Waals surface area contributed by atoms with Crippen LogP contribution < -0.4 is 5.32 Å². The third-order valence-corrected chi connectivity index (χ3v) is 5.40. The molecule has 2 rings (SSSR count). The maximum Gasteiger partial charge on any atom is 0.131 e. The standard InChI is InChI=1S/C20H35N3O2/c1-4-5-6-7-9-21-18-12-19(25)17(13-24)16(18)11-15-8-10-22-20(23-15)14(2)3/h8,10,14,16-19,21,24-25H,4-7,9,11-13H2,1-3H3/t16-,17-,18-,19-/m1/s1. The highest BCUT2D eigenvalue weighted by Crippen LogP contribution is 2.34. The van der Waals surface area contributed by atoms with Gasteiger partial charge in [-0.2, -0.15) is 0 Å². The average molecular weight is 350 g/mol. The van der Waals surface area contributed by atoms with E-state index in [0.29, 0.717) is 12.3 Å². The molecule has 1 saturated carbocycles. The van der Waals surface area contributed by atoms with Crippen molar-refractivity contribution >= 4 is 0 Å². The van der Waals surface area contributed by atoms with Crippen molar-refractivity contribution in [1.82, 2.24) is 15.3 Å². The van der Waals surface area contributed by atoms with Gasteiger partial charge in [0.2, 0.25) is 0 Å². The summed E-state index contributed by atoms with van der Waals surface area (Å²) in [6, 6.07) is 2.20. The monoisotopic (exact) mass is 349 g/mol. The van der Waals surface area contributed by atoms with Crippen LogP contribution in [0.5, 0.6) is 0 Å². The third-order valence-electron chi connectivity index (χ3n) is 5.40. The molecule has 0 amide bonds. The summed E-state index contributed by atoms with van der Waals surface area (Å²) in [5.74, 6) is 1.29. The van der Waals surface area contributed by atoms with Crippen molar-refractivity contribution in [3.05, 3.63) is 23.8 Å². The lowest BCUT2D eigenvalue weighted by Crippen LogP contribution is -2.37. The molecule has 5 nitrogen and oxygen atoms in total. The van der Waals surface area contributed by atoms with E-state index in [1.165, 1.54) is 25.7 Å². The van der Waals surface area contributed by atoms with Gasteiger partial charge in [0.15, 0.2) is 0 Å². The molecular weight excluding hydrogens is 314 g/mol. The number of hydrogen-bond acceptors (Lipinski definition) is 5. The molecule has 4 atom stereocenters. The highest BCUT2D eigenvalue weighted by atomic mass is 16.3. The van der Waals surface area contributed by atoms with Gasteiger partial charge in [0.1, 0.15) is 5.82 Å². The third kappa shape index (κ3) is 5.73. The molecule has 1 fully saturated rings. The van der Waals surface area contributed by atoms with E-state index in [1.54, 1.807) is 0 Å². The quantitative estimate of drug-likeness (QED) is 0.566. The van der Waals surface area contributed by atoms with Gasteiger partial charge in [-0.1, -0.05) is 40.0 Å². The van der Waals surface area contributed by atoms with Gasteiger partial charge in [0.25, 0.3) is 0 Å². The molecule has 0 unspecified atom stereocenters. The van der Waals surface area contributed by atoms with Crippen LogP contribution in [0.25, 0.3) is 0 Å². The molecule has 3 N–H and O–H groups in total. The van der Waals surface area contributed by atoms with E-state index < -0.39 is 6.10 Å². The summed E-state index contributed by atoms with van der Waals surface area (Å²) >= 11 is 0. The number of nitrogens with zero attached hydrogens (tertiary/aromatic N) is 2. The second-order valence-corrected chi connectivity index (χ2v) is 7.70. The number of aliphatic hydroxyl groups is 2. The van der Waals surface area contributed by atoms with Gasteiger partial charge in [0.05, 0.1) is 6.10 Å². The Morgan fingerprint density at radius 2 is 2.04 bits per heavy atom. The minimum absolute atomic E-state index is 0.0297. The van der Waals surface area contributed by atoms with Crippen molar-refractivity contribution < 1.29 is 10.2 Å². The zero-order chi connectivity index (χ0) is 18.2. The highest BCUT2D eigenvalue weighted by Gasteiger charge is 2.41. The van der Waals surface area contributed by atoms with Gasteiger partial charge in [0, 0.05) is 36.4 Å². The highest BCUT2D eigenvalue weighted by molar-refractivity contribution is 5.09. The van der Waals surface area contributed by atoms with Crippen molar-refractivity contribution in [1.29, 1.82) is 0 Å². The van der Waals surface area contributed by atoms with Crippen molar-refractivity contribution in [3.63, 3.8) is 0 Å². The minimum atomic E-state index is -0.436. The van der Waals surface area contributed by atoms with E-state index in [-0.39, 0.29) is 24.5 Å². The fraction of sp³-hybridized carbons (Fsp3) is 0.800. The Morgan fingerprint density at radius 3 is 2.72 bits per heavy atom. The zero-order valence-corrected chi connectivity index (χ0v) is 16.0. The Morgan fingerprint density at radius 1 is 1.24 bits per heavy atom. The Bertz CT molecular complexity index is 509. The molecule has 1 aliphatic carbocycles. The number of aromatic nitrogens is 2. The van der Waals surface area contributed by atoms with E-state index in [1.807, 2.05) is 12.3 Å². The Kier molecular flexibility index (Phi) is 8.27. The van der Waals surface area contributed by atoms with Gasteiger partial charge in [-0.25, -0.2) is 9.97 Å². The van der Waals surface area contributed by atoms with E-state index in [0.717, 1.165) is 24.5 Å². The summed E-state index contributed by atoms with van der Waals surface area (Å²) in [4.78, 5) is 9.02. The van der Waals surface area contributed by atoms with Crippen molar-refractivity contribution in [2.75, 3.05) is 13.2 Å². The fourth-order valence-electron chi connectivity index (χ4n) is 3.86. The van der Waals surface area contributed by atoms with Crippen LogP contribution in [0, 0.1) is 11.8 Å². The normalized spacial score (nSPS) is 26.5. The van der Waals surface area contributed by atoms with Crippen LogP contribution >= 0.6 is 0 Å². The maximum atomic E-state index is 10.4. The molecule has 0 spiro atoms. The molecule has 0 bridgehead atoms. The minimum Gasteiger partial charge on any atom is -0.396 e. The summed E-state index contributed by atoms with van der Waals surface area (Å²) in [5.41, 5.74) is 1.01. The largest absolute Gasteiger partial charge is 0.396 e. The zero-order valence-electron chi connectivity index (χ0n) is 16.0. The molecule has 25 heavy (non-hydrogen) atoms. The van der Waals surface area contributed by atoms with Gasteiger partial charge in [-0.3, -0.25) is 0 Å². The molecule has 1 aromatic rings. The average Bonchev–Trinajstić information content (AvgIpc) is 2.89. The second kappa shape index (κ2) is 10.2. The first kappa shape index (κ1) is 20.3. The molecule has 142 valence electrons. The summed E-state index contributed by atoms with van der Waals surface area (Å²) < 4.78 is 0. The van der Waals surface area contributed by atoms with Crippen LogP contribution in [0.15, 0.2) is 12.3 Å². The first-order valence-electron chi connectivity index (χ1n) is 9.90. The lowest BCUT2D eigenvalue weighted by molar-refractivity contribution is 0.0716. The second-order valence-electron chi connectivity index (χ2n) is 7.70. The maximum absolute atomic E-state index is 10.4. The smallest absolute Gasteiger partial charge is 0.131 e. The summed E-state index contributed by atoms with van der Waals surface area (Å²) in [5, 5.41) is 23.8.